The van der Waals surface area contributed by atoms with Crippen LogP contribution in [0.5, 0.6) is 0 Å². The monoisotopic (exact) mass is 209 g/mol. The molecule has 5 heteroatoms. The van der Waals surface area contributed by atoms with Crippen molar-refractivity contribution in [3.05, 3.63) is 12.2 Å². The van der Waals surface area contributed by atoms with Crippen molar-refractivity contribution >= 4 is 0 Å². The number of nitrogens with two attached hydrogens (primary N) is 1. The number of piperidine rings is 1. The predicted molar refractivity (Wildman–Crippen MR) is 58.4 cm³/mol. The molecule has 1 unspecified atom stereocenters. The Morgan fingerprint density at radius 3 is 3.13 bits per heavy atom. The van der Waals surface area contributed by atoms with Crippen LogP contribution < -0.4 is 5.73 Å². The Morgan fingerprint density at radius 1 is 1.60 bits per heavy atom. The fraction of sp³-hybridized carbons (Fsp3) is 0.800. The lowest BCUT2D eigenvalue weighted by molar-refractivity contribution is 0.210. The maximum Gasteiger partial charge on any atom is 0.151 e. The SMILES string of the molecule is Cn1cnc(CCN2CCCC(N)C2)n1. The smallest absolute Gasteiger partial charge is 0.151 e. The molecule has 1 aliphatic rings. The van der Waals surface area contributed by atoms with Crippen molar-refractivity contribution in [2.75, 3.05) is 19.6 Å². The average molecular weight is 209 g/mol. The van der Waals surface area contributed by atoms with Crippen molar-refractivity contribution in [3.63, 3.8) is 0 Å². The maximum atomic E-state index is 5.92. The summed E-state index contributed by atoms with van der Waals surface area (Å²) in [6.45, 7) is 3.21. The number of nitrogens with zero attached hydrogens (tertiary/aromatic N) is 4. The highest BCUT2D eigenvalue weighted by Crippen LogP contribution is 2.08. The number of aromatic nitrogens is 3. The molecule has 0 saturated carbocycles. The van der Waals surface area contributed by atoms with Gasteiger partial charge in [-0.25, -0.2) is 4.98 Å². The molecule has 1 aromatic rings. The average Bonchev–Trinajstić information content (AvgIpc) is 2.62. The summed E-state index contributed by atoms with van der Waals surface area (Å²) >= 11 is 0. The van der Waals surface area contributed by atoms with Crippen LogP contribution in [0, 0.1) is 0 Å². The lowest BCUT2D eigenvalue weighted by atomic mass is 10.1. The zero-order chi connectivity index (χ0) is 10.7. The molecule has 1 atom stereocenters. The van der Waals surface area contributed by atoms with Gasteiger partial charge in [-0.05, 0) is 19.4 Å². The summed E-state index contributed by atoms with van der Waals surface area (Å²) in [5, 5.41) is 4.26. The maximum absolute atomic E-state index is 5.92. The Morgan fingerprint density at radius 2 is 2.47 bits per heavy atom. The van der Waals surface area contributed by atoms with Crippen LogP contribution in [0.4, 0.5) is 0 Å². The van der Waals surface area contributed by atoms with Crippen LogP contribution >= 0.6 is 0 Å². The van der Waals surface area contributed by atoms with Crippen molar-refractivity contribution in [2.24, 2.45) is 12.8 Å². The summed E-state index contributed by atoms with van der Waals surface area (Å²) in [5.41, 5.74) is 5.92. The first-order valence-corrected chi connectivity index (χ1v) is 5.56. The van der Waals surface area contributed by atoms with E-state index in [1.165, 1.54) is 19.4 Å². The largest absolute Gasteiger partial charge is 0.327 e. The minimum Gasteiger partial charge on any atom is -0.327 e. The van der Waals surface area contributed by atoms with Crippen molar-refractivity contribution in [2.45, 2.75) is 25.3 Å². The second-order valence-electron chi connectivity index (χ2n) is 4.29. The van der Waals surface area contributed by atoms with Crippen molar-refractivity contribution in [1.29, 1.82) is 0 Å². The van der Waals surface area contributed by atoms with Gasteiger partial charge in [0.2, 0.25) is 0 Å². The zero-order valence-corrected chi connectivity index (χ0v) is 9.26. The van der Waals surface area contributed by atoms with E-state index in [4.69, 9.17) is 5.73 Å². The molecule has 1 fully saturated rings. The Kier molecular flexibility index (Phi) is 3.33. The summed E-state index contributed by atoms with van der Waals surface area (Å²) < 4.78 is 1.75. The van der Waals surface area contributed by atoms with E-state index in [0.29, 0.717) is 6.04 Å². The van der Waals surface area contributed by atoms with E-state index < -0.39 is 0 Å². The number of likely N-dealkylation sites (tertiary alicyclic amines) is 1. The van der Waals surface area contributed by atoms with Gasteiger partial charge in [0.05, 0.1) is 0 Å². The molecule has 84 valence electrons. The zero-order valence-electron chi connectivity index (χ0n) is 9.26. The van der Waals surface area contributed by atoms with Gasteiger partial charge >= 0.3 is 0 Å². The Hall–Kier alpha value is -0.940. The lowest BCUT2D eigenvalue weighted by Crippen LogP contribution is -2.43. The minimum absolute atomic E-state index is 0.357. The van der Waals surface area contributed by atoms with Crippen molar-refractivity contribution in [3.8, 4) is 0 Å². The minimum atomic E-state index is 0.357. The molecular weight excluding hydrogens is 190 g/mol. The summed E-state index contributed by atoms with van der Waals surface area (Å²) in [5.74, 6) is 0.927. The molecule has 5 nitrogen and oxygen atoms in total. The number of hydrogen-bond acceptors (Lipinski definition) is 4. The van der Waals surface area contributed by atoms with Crippen LogP contribution in [-0.4, -0.2) is 45.3 Å². The van der Waals surface area contributed by atoms with Gasteiger partial charge in [-0.1, -0.05) is 0 Å². The summed E-state index contributed by atoms with van der Waals surface area (Å²) in [7, 11) is 1.90. The Balaban J connectivity index is 1.77. The van der Waals surface area contributed by atoms with Gasteiger partial charge in [0.25, 0.3) is 0 Å². The topological polar surface area (TPSA) is 60.0 Å². The van der Waals surface area contributed by atoms with Gasteiger partial charge < -0.3 is 10.6 Å². The molecule has 0 spiro atoms. The second-order valence-corrected chi connectivity index (χ2v) is 4.29. The molecule has 2 rings (SSSR count). The molecule has 1 saturated heterocycles. The highest BCUT2D eigenvalue weighted by atomic mass is 15.3. The molecule has 0 aliphatic carbocycles. The van der Waals surface area contributed by atoms with Gasteiger partial charge in [0.1, 0.15) is 6.33 Å². The Bertz CT molecular complexity index is 309. The molecule has 0 bridgehead atoms. The van der Waals surface area contributed by atoms with E-state index in [2.05, 4.69) is 15.0 Å². The fourth-order valence-electron chi connectivity index (χ4n) is 2.05. The van der Waals surface area contributed by atoms with Crippen LogP contribution in [0.25, 0.3) is 0 Å². The van der Waals surface area contributed by atoms with E-state index in [0.717, 1.165) is 25.3 Å². The van der Waals surface area contributed by atoms with E-state index in [-0.39, 0.29) is 0 Å². The predicted octanol–water partition coefficient (Wildman–Crippen LogP) is -0.219. The van der Waals surface area contributed by atoms with Gasteiger partial charge in [0, 0.05) is 32.6 Å². The number of rotatable bonds is 3. The van der Waals surface area contributed by atoms with E-state index in [9.17, 15) is 0 Å². The lowest BCUT2D eigenvalue weighted by Gasteiger charge is -2.30. The summed E-state index contributed by atoms with van der Waals surface area (Å²) in [6, 6.07) is 0.357. The highest BCUT2D eigenvalue weighted by Gasteiger charge is 2.16. The van der Waals surface area contributed by atoms with E-state index in [1.807, 2.05) is 7.05 Å². The van der Waals surface area contributed by atoms with Crippen molar-refractivity contribution < 1.29 is 0 Å². The van der Waals surface area contributed by atoms with Crippen molar-refractivity contribution in [1.82, 2.24) is 19.7 Å². The van der Waals surface area contributed by atoms with Crippen LogP contribution in [0.2, 0.25) is 0 Å². The molecule has 2 heterocycles. The molecule has 2 N–H and O–H groups in total. The third-order valence-corrected chi connectivity index (χ3v) is 2.84. The van der Waals surface area contributed by atoms with Gasteiger partial charge in [-0.2, -0.15) is 5.10 Å². The molecular formula is C10H19N5. The van der Waals surface area contributed by atoms with Gasteiger partial charge in [-0.3, -0.25) is 4.68 Å². The first kappa shape index (κ1) is 10.6. The quantitative estimate of drug-likeness (QED) is 0.747. The third kappa shape index (κ3) is 3.00. The summed E-state index contributed by atoms with van der Waals surface area (Å²) in [6.07, 6.45) is 5.06. The molecule has 15 heavy (non-hydrogen) atoms. The molecule has 1 aliphatic heterocycles. The number of aryl methyl sites for hydroxylation is 1. The fourth-order valence-corrected chi connectivity index (χ4v) is 2.05. The van der Waals surface area contributed by atoms with E-state index >= 15 is 0 Å². The highest BCUT2D eigenvalue weighted by molar-refractivity contribution is 4.84. The Labute approximate surface area is 90.3 Å². The molecule has 0 amide bonds. The normalized spacial score (nSPS) is 23.2. The second kappa shape index (κ2) is 4.72. The van der Waals surface area contributed by atoms with Crippen LogP contribution in [0.3, 0.4) is 0 Å². The molecule has 0 aromatic carbocycles. The first-order chi connectivity index (χ1) is 7.24. The van der Waals surface area contributed by atoms with Crippen LogP contribution in [-0.2, 0) is 13.5 Å². The molecule has 0 radical (unpaired) electrons. The standard InChI is InChI=1S/C10H19N5/c1-14-8-12-10(13-14)4-6-15-5-2-3-9(11)7-15/h8-9H,2-7,11H2,1H3. The summed E-state index contributed by atoms with van der Waals surface area (Å²) in [4.78, 5) is 6.62. The first-order valence-electron chi connectivity index (χ1n) is 5.56. The third-order valence-electron chi connectivity index (χ3n) is 2.84. The van der Waals surface area contributed by atoms with Crippen LogP contribution in [0.1, 0.15) is 18.7 Å². The molecule has 1 aromatic heterocycles. The van der Waals surface area contributed by atoms with Gasteiger partial charge in [0.15, 0.2) is 5.82 Å². The van der Waals surface area contributed by atoms with Crippen LogP contribution in [0.15, 0.2) is 6.33 Å². The van der Waals surface area contributed by atoms with Gasteiger partial charge in [-0.15, -0.1) is 0 Å². The number of hydrogen-bond donors (Lipinski definition) is 1. The van der Waals surface area contributed by atoms with E-state index in [1.54, 1.807) is 11.0 Å².